The minimum atomic E-state index is -0.286. The molecule has 0 atom stereocenters. The van der Waals surface area contributed by atoms with Gasteiger partial charge in [-0.3, -0.25) is 4.79 Å². The standard InChI is InChI=1S/C27H19ClN4O3/c28-20-9-5-4-8-19(20)22-13-23(27(33)29-15-17-10-11-24-25(12-17)35-16-34-24)32-26(30-22)14-21(31-32)18-6-2-1-3-7-18/h1-14H,15-16H2,(H,29,33). The van der Waals surface area contributed by atoms with Gasteiger partial charge in [-0.15, -0.1) is 0 Å². The maximum Gasteiger partial charge on any atom is 0.270 e. The zero-order chi connectivity index (χ0) is 23.8. The molecule has 1 aliphatic heterocycles. The number of halogens is 1. The Bertz CT molecular complexity index is 1570. The molecule has 8 heteroatoms. The lowest BCUT2D eigenvalue weighted by Gasteiger charge is -2.10. The molecule has 172 valence electrons. The van der Waals surface area contributed by atoms with Crippen LogP contribution >= 0.6 is 11.6 Å². The fourth-order valence-electron chi connectivity index (χ4n) is 4.02. The first kappa shape index (κ1) is 21.2. The molecule has 1 amide bonds. The number of benzene rings is 3. The van der Waals surface area contributed by atoms with E-state index in [4.69, 9.17) is 26.1 Å². The number of aromatic nitrogens is 3. The van der Waals surface area contributed by atoms with Crippen molar-refractivity contribution < 1.29 is 14.3 Å². The van der Waals surface area contributed by atoms with Crippen LogP contribution in [0.1, 0.15) is 16.1 Å². The van der Waals surface area contributed by atoms with Gasteiger partial charge in [-0.1, -0.05) is 66.2 Å². The van der Waals surface area contributed by atoms with Crippen LogP contribution in [0.15, 0.2) is 84.9 Å². The molecule has 0 saturated carbocycles. The van der Waals surface area contributed by atoms with Crippen molar-refractivity contribution in [3.63, 3.8) is 0 Å². The van der Waals surface area contributed by atoms with E-state index in [1.807, 2.05) is 72.8 Å². The van der Waals surface area contributed by atoms with Gasteiger partial charge in [0.1, 0.15) is 5.69 Å². The fraction of sp³-hybridized carbons (Fsp3) is 0.0741. The highest BCUT2D eigenvalue weighted by molar-refractivity contribution is 6.33. The molecule has 2 aromatic heterocycles. The normalized spacial score (nSPS) is 12.1. The Morgan fingerprint density at radius 1 is 0.914 bits per heavy atom. The SMILES string of the molecule is O=C(NCc1ccc2c(c1)OCO2)c1cc(-c2ccccc2Cl)nc2cc(-c3ccccc3)nn12. The molecule has 0 saturated heterocycles. The van der Waals surface area contributed by atoms with E-state index in [0.29, 0.717) is 40.1 Å². The summed E-state index contributed by atoms with van der Waals surface area (Å²) in [5.41, 5.74) is 4.79. The fourth-order valence-corrected chi connectivity index (χ4v) is 4.25. The van der Waals surface area contributed by atoms with Gasteiger partial charge in [0.05, 0.1) is 11.4 Å². The number of carbonyl (C=O) groups is 1. The molecule has 7 nitrogen and oxygen atoms in total. The first-order chi connectivity index (χ1) is 17.2. The Morgan fingerprint density at radius 3 is 2.57 bits per heavy atom. The second-order valence-corrected chi connectivity index (χ2v) is 8.45. The average molecular weight is 483 g/mol. The number of nitrogens with one attached hydrogen (secondary N) is 1. The zero-order valence-corrected chi connectivity index (χ0v) is 19.2. The van der Waals surface area contributed by atoms with E-state index in [9.17, 15) is 4.79 Å². The van der Waals surface area contributed by atoms with Crippen LogP contribution < -0.4 is 14.8 Å². The van der Waals surface area contributed by atoms with Crippen LogP contribution in [0.2, 0.25) is 5.02 Å². The Balaban J connectivity index is 1.39. The van der Waals surface area contributed by atoms with Gasteiger partial charge >= 0.3 is 0 Å². The molecule has 6 rings (SSSR count). The highest BCUT2D eigenvalue weighted by Gasteiger charge is 2.19. The van der Waals surface area contributed by atoms with Crippen LogP contribution in [-0.4, -0.2) is 27.3 Å². The topological polar surface area (TPSA) is 77.8 Å². The molecule has 0 spiro atoms. The van der Waals surface area contributed by atoms with Gasteiger partial charge < -0.3 is 14.8 Å². The van der Waals surface area contributed by atoms with E-state index in [1.165, 1.54) is 0 Å². The number of nitrogens with zero attached hydrogens (tertiary/aromatic N) is 3. The van der Waals surface area contributed by atoms with Crippen LogP contribution in [0.5, 0.6) is 11.5 Å². The molecule has 3 aromatic carbocycles. The van der Waals surface area contributed by atoms with Crippen LogP contribution in [0.25, 0.3) is 28.2 Å². The summed E-state index contributed by atoms with van der Waals surface area (Å²) in [6.45, 7) is 0.515. The molecule has 0 bridgehead atoms. The van der Waals surface area contributed by atoms with Crippen LogP contribution in [0.3, 0.4) is 0 Å². The van der Waals surface area contributed by atoms with Crippen LogP contribution in [0.4, 0.5) is 0 Å². The molecule has 0 fully saturated rings. The number of fused-ring (bicyclic) bond motifs is 2. The maximum atomic E-state index is 13.4. The minimum Gasteiger partial charge on any atom is -0.454 e. The van der Waals surface area contributed by atoms with Gasteiger partial charge in [-0.25, -0.2) is 9.50 Å². The van der Waals surface area contributed by atoms with Gasteiger partial charge in [0.25, 0.3) is 5.91 Å². The van der Waals surface area contributed by atoms with E-state index >= 15 is 0 Å². The van der Waals surface area contributed by atoms with Crippen LogP contribution in [0, 0.1) is 0 Å². The van der Waals surface area contributed by atoms with E-state index in [-0.39, 0.29) is 12.7 Å². The predicted molar refractivity (Wildman–Crippen MR) is 133 cm³/mol. The van der Waals surface area contributed by atoms with Crippen molar-refractivity contribution in [3.8, 4) is 34.0 Å². The third-order valence-electron chi connectivity index (χ3n) is 5.77. The molecular formula is C27H19ClN4O3. The summed E-state index contributed by atoms with van der Waals surface area (Å²) in [5, 5.41) is 8.23. The summed E-state index contributed by atoms with van der Waals surface area (Å²) in [6.07, 6.45) is 0. The van der Waals surface area contributed by atoms with E-state index in [2.05, 4.69) is 10.4 Å². The lowest BCUT2D eigenvalue weighted by molar-refractivity contribution is 0.0943. The lowest BCUT2D eigenvalue weighted by Crippen LogP contribution is -2.25. The van der Waals surface area contributed by atoms with Crippen molar-refractivity contribution in [2.75, 3.05) is 6.79 Å². The van der Waals surface area contributed by atoms with Gasteiger partial charge in [-0.2, -0.15) is 5.10 Å². The second kappa shape index (κ2) is 8.77. The number of ether oxygens (including phenoxy) is 2. The Morgan fingerprint density at radius 2 is 1.71 bits per heavy atom. The monoisotopic (exact) mass is 482 g/mol. The molecule has 0 radical (unpaired) electrons. The molecule has 0 unspecified atom stereocenters. The van der Waals surface area contributed by atoms with Crippen molar-refractivity contribution in [1.29, 1.82) is 0 Å². The number of hydrogen-bond donors (Lipinski definition) is 1. The van der Waals surface area contributed by atoms with Crippen molar-refractivity contribution in [1.82, 2.24) is 19.9 Å². The molecule has 5 aromatic rings. The van der Waals surface area contributed by atoms with Crippen molar-refractivity contribution in [2.45, 2.75) is 6.54 Å². The Hall–Kier alpha value is -4.36. The first-order valence-electron chi connectivity index (χ1n) is 11.0. The van der Waals surface area contributed by atoms with Gasteiger partial charge in [0, 0.05) is 28.8 Å². The average Bonchev–Trinajstić information content (AvgIpc) is 3.54. The highest BCUT2D eigenvalue weighted by atomic mass is 35.5. The molecule has 3 heterocycles. The summed E-state index contributed by atoms with van der Waals surface area (Å²) < 4.78 is 12.4. The molecule has 35 heavy (non-hydrogen) atoms. The number of amides is 1. The summed E-state index contributed by atoms with van der Waals surface area (Å²) >= 11 is 6.45. The summed E-state index contributed by atoms with van der Waals surface area (Å²) in [7, 11) is 0. The number of rotatable bonds is 5. The molecular weight excluding hydrogens is 464 g/mol. The van der Waals surface area contributed by atoms with Gasteiger partial charge in [0.15, 0.2) is 17.1 Å². The van der Waals surface area contributed by atoms with Gasteiger partial charge in [-0.05, 0) is 29.8 Å². The smallest absolute Gasteiger partial charge is 0.270 e. The number of carbonyl (C=O) groups excluding carboxylic acids is 1. The third-order valence-corrected chi connectivity index (χ3v) is 6.10. The zero-order valence-electron chi connectivity index (χ0n) is 18.4. The highest BCUT2D eigenvalue weighted by Crippen LogP contribution is 2.32. The first-order valence-corrected chi connectivity index (χ1v) is 11.4. The number of hydrogen-bond acceptors (Lipinski definition) is 5. The van der Waals surface area contributed by atoms with Crippen molar-refractivity contribution in [3.05, 3.63) is 101 Å². The van der Waals surface area contributed by atoms with E-state index in [0.717, 1.165) is 22.4 Å². The Kier molecular flexibility index (Phi) is 5.31. The maximum absolute atomic E-state index is 13.4. The quantitative estimate of drug-likeness (QED) is 0.364. The molecule has 1 N–H and O–H groups in total. The second-order valence-electron chi connectivity index (χ2n) is 8.04. The van der Waals surface area contributed by atoms with E-state index in [1.54, 1.807) is 16.6 Å². The lowest BCUT2D eigenvalue weighted by atomic mass is 10.1. The summed E-state index contributed by atoms with van der Waals surface area (Å²) in [6, 6.07) is 26.4. The summed E-state index contributed by atoms with van der Waals surface area (Å²) in [5.74, 6) is 1.08. The third kappa shape index (κ3) is 4.06. The molecule has 1 aliphatic rings. The van der Waals surface area contributed by atoms with Crippen LogP contribution in [-0.2, 0) is 6.54 Å². The van der Waals surface area contributed by atoms with Crippen molar-refractivity contribution in [2.24, 2.45) is 0 Å². The molecule has 0 aliphatic carbocycles. The minimum absolute atomic E-state index is 0.202. The predicted octanol–water partition coefficient (Wildman–Crippen LogP) is 5.38. The Labute approximate surface area is 205 Å². The largest absolute Gasteiger partial charge is 0.454 e. The van der Waals surface area contributed by atoms with Crippen molar-refractivity contribution >= 4 is 23.2 Å². The van der Waals surface area contributed by atoms with E-state index < -0.39 is 0 Å². The summed E-state index contributed by atoms with van der Waals surface area (Å²) in [4.78, 5) is 18.2. The van der Waals surface area contributed by atoms with Gasteiger partial charge in [0.2, 0.25) is 6.79 Å².